The maximum Gasteiger partial charge on any atom is 0.315 e. The number of sulfone groups is 1. The Hall–Kier alpha value is -2.50. The molecule has 1 saturated heterocycles. The van der Waals surface area contributed by atoms with Crippen LogP contribution < -0.4 is 16.0 Å². The third-order valence-electron chi connectivity index (χ3n) is 11.5. The van der Waals surface area contributed by atoms with Crippen molar-refractivity contribution < 1.29 is 32.4 Å². The number of carbonyl (C=O) groups is 5. The van der Waals surface area contributed by atoms with Crippen LogP contribution in [0.1, 0.15) is 133 Å². The van der Waals surface area contributed by atoms with Gasteiger partial charge in [-0.15, -0.1) is 0 Å². The Morgan fingerprint density at radius 1 is 0.857 bits per heavy atom. The van der Waals surface area contributed by atoms with Crippen LogP contribution >= 0.6 is 0 Å². The molecule has 0 spiro atoms. The zero-order chi connectivity index (χ0) is 37.1. The van der Waals surface area contributed by atoms with E-state index in [1.54, 1.807) is 20.8 Å². The summed E-state index contributed by atoms with van der Waals surface area (Å²) < 4.78 is 25.6. The highest BCUT2D eigenvalue weighted by molar-refractivity contribution is 7.92. The average molecular weight is 709 g/mol. The molecule has 3 aliphatic rings. The summed E-state index contributed by atoms with van der Waals surface area (Å²) in [6.45, 7) is 18.1. The van der Waals surface area contributed by atoms with Gasteiger partial charge in [0.25, 0.3) is 0 Å². The van der Waals surface area contributed by atoms with Gasteiger partial charge in [-0.3, -0.25) is 19.2 Å². The van der Waals surface area contributed by atoms with Gasteiger partial charge >= 0.3 is 6.03 Å². The number of likely N-dealkylation sites (tertiary alicyclic amines) is 1. The quantitative estimate of drug-likeness (QED) is 0.242. The van der Waals surface area contributed by atoms with E-state index in [1.165, 1.54) is 11.8 Å². The molecule has 280 valence electrons. The smallest absolute Gasteiger partial charge is 0.315 e. The molecule has 0 bridgehead atoms. The van der Waals surface area contributed by atoms with Crippen molar-refractivity contribution in [3.8, 4) is 0 Å². The summed E-state index contributed by atoms with van der Waals surface area (Å²) in [4.78, 5) is 68.9. The van der Waals surface area contributed by atoms with Gasteiger partial charge in [-0.1, -0.05) is 80.1 Å². The average Bonchev–Trinajstić information content (AvgIpc) is 2.96. The topological polar surface area (TPSA) is 159 Å². The van der Waals surface area contributed by atoms with Crippen molar-refractivity contribution in [2.45, 2.75) is 162 Å². The van der Waals surface area contributed by atoms with Crippen molar-refractivity contribution in [1.29, 1.82) is 0 Å². The van der Waals surface area contributed by atoms with Crippen molar-refractivity contribution in [1.82, 2.24) is 20.9 Å². The lowest BCUT2D eigenvalue weighted by Crippen LogP contribution is -2.65. The van der Waals surface area contributed by atoms with Crippen LogP contribution in [0.4, 0.5) is 4.79 Å². The van der Waals surface area contributed by atoms with Gasteiger partial charge in [-0.2, -0.15) is 0 Å². The first-order valence-electron chi connectivity index (χ1n) is 18.4. The number of nitrogens with one attached hydrogen (secondary N) is 3. The number of urea groups is 1. The van der Waals surface area contributed by atoms with Crippen molar-refractivity contribution >= 4 is 39.2 Å². The van der Waals surface area contributed by atoms with E-state index in [1.807, 2.05) is 27.7 Å². The zero-order valence-corrected chi connectivity index (χ0v) is 32.6. The lowest BCUT2D eigenvalue weighted by molar-refractivity contribution is -0.151. The molecule has 0 radical (unpaired) electrons. The SMILES string of the molecule is CC(=O)C(=O)C(CC1CCC1)NC(=O)[C@@H]1CC(C)(C)C(C)CN1C(=O)[C@@H](NC(=O)N[C@H](CS(=O)(=O)C(C)(C)C)C1CCCCC1)C(C)(C)C. The molecule has 2 aliphatic carbocycles. The van der Waals surface area contributed by atoms with Gasteiger partial charge in [0.1, 0.15) is 12.1 Å². The van der Waals surface area contributed by atoms with Gasteiger partial charge in [0.2, 0.25) is 17.6 Å². The van der Waals surface area contributed by atoms with Crippen LogP contribution in [0, 0.1) is 28.6 Å². The number of piperidine rings is 1. The molecule has 1 heterocycles. The molecule has 0 aromatic carbocycles. The summed E-state index contributed by atoms with van der Waals surface area (Å²) >= 11 is 0. The lowest BCUT2D eigenvalue weighted by atomic mass is 9.70. The maximum atomic E-state index is 14.5. The van der Waals surface area contributed by atoms with Crippen molar-refractivity contribution in [2.24, 2.45) is 28.6 Å². The molecule has 11 nitrogen and oxygen atoms in total. The van der Waals surface area contributed by atoms with Crippen molar-refractivity contribution in [3.63, 3.8) is 0 Å². The summed E-state index contributed by atoms with van der Waals surface area (Å²) in [6.07, 6.45) is 8.33. The summed E-state index contributed by atoms with van der Waals surface area (Å²) in [7, 11) is -3.55. The maximum absolute atomic E-state index is 14.5. The van der Waals surface area contributed by atoms with Crippen LogP contribution in [0.5, 0.6) is 0 Å². The Morgan fingerprint density at radius 3 is 1.94 bits per heavy atom. The first-order valence-corrected chi connectivity index (χ1v) is 20.0. The molecule has 3 N–H and O–H groups in total. The molecular formula is C37H64N4O7S. The van der Waals surface area contributed by atoms with Gasteiger partial charge in [0.15, 0.2) is 15.6 Å². The van der Waals surface area contributed by atoms with Gasteiger partial charge in [0.05, 0.1) is 16.5 Å². The normalized spacial score (nSPS) is 24.2. The second-order valence-electron chi connectivity index (χ2n) is 17.9. The molecule has 2 saturated carbocycles. The Kier molecular flexibility index (Phi) is 13.2. The fraction of sp³-hybridized carbons (Fsp3) is 0.865. The Balaban J connectivity index is 1.88. The van der Waals surface area contributed by atoms with Gasteiger partial charge < -0.3 is 20.9 Å². The highest BCUT2D eigenvalue weighted by Crippen LogP contribution is 2.40. The molecule has 3 rings (SSSR count). The van der Waals surface area contributed by atoms with Crippen LogP contribution in [-0.4, -0.2) is 83.9 Å². The summed E-state index contributed by atoms with van der Waals surface area (Å²) in [5.74, 6) is -2.04. The third kappa shape index (κ3) is 10.5. The van der Waals surface area contributed by atoms with E-state index in [9.17, 15) is 32.4 Å². The van der Waals surface area contributed by atoms with Crippen LogP contribution in [0.2, 0.25) is 0 Å². The van der Waals surface area contributed by atoms with E-state index >= 15 is 0 Å². The van der Waals surface area contributed by atoms with E-state index in [0.29, 0.717) is 12.8 Å². The largest absolute Gasteiger partial charge is 0.344 e. The minimum Gasteiger partial charge on any atom is -0.344 e. The molecule has 5 atom stereocenters. The molecule has 2 unspecified atom stereocenters. The van der Waals surface area contributed by atoms with Gasteiger partial charge in [-0.05, 0) is 75.0 Å². The first-order chi connectivity index (χ1) is 22.4. The number of nitrogens with zero attached hydrogens (tertiary/aromatic N) is 1. The van der Waals surface area contributed by atoms with Crippen molar-refractivity contribution in [3.05, 3.63) is 0 Å². The van der Waals surface area contributed by atoms with E-state index in [2.05, 4.69) is 29.8 Å². The second kappa shape index (κ2) is 15.8. The fourth-order valence-corrected chi connectivity index (χ4v) is 8.57. The predicted octanol–water partition coefficient (Wildman–Crippen LogP) is 4.96. The molecule has 0 aromatic rings. The number of amides is 4. The van der Waals surface area contributed by atoms with Gasteiger partial charge in [-0.25, -0.2) is 13.2 Å². The van der Waals surface area contributed by atoms with E-state index in [4.69, 9.17) is 0 Å². The monoisotopic (exact) mass is 708 g/mol. The molecule has 12 heteroatoms. The Labute approximate surface area is 295 Å². The number of hydrogen-bond donors (Lipinski definition) is 3. The molecular weight excluding hydrogens is 644 g/mol. The van der Waals surface area contributed by atoms with E-state index < -0.39 is 73.6 Å². The van der Waals surface area contributed by atoms with Crippen molar-refractivity contribution in [2.75, 3.05) is 12.3 Å². The van der Waals surface area contributed by atoms with Crippen LogP contribution in [-0.2, 0) is 29.0 Å². The number of ketones is 2. The first kappa shape index (κ1) is 40.9. The minimum absolute atomic E-state index is 0.00394. The number of carbonyl (C=O) groups excluding carboxylic acids is 5. The van der Waals surface area contributed by atoms with E-state index in [-0.39, 0.29) is 35.5 Å². The lowest BCUT2D eigenvalue weighted by Gasteiger charge is -2.49. The van der Waals surface area contributed by atoms with Gasteiger partial charge in [0, 0.05) is 19.5 Å². The zero-order valence-electron chi connectivity index (χ0n) is 31.7. The molecule has 0 aromatic heterocycles. The molecule has 1 aliphatic heterocycles. The fourth-order valence-electron chi connectivity index (χ4n) is 7.24. The molecule has 3 fully saturated rings. The number of Topliss-reactive ketones (excluding diaryl/α,β-unsaturated/α-hetero) is 2. The van der Waals surface area contributed by atoms with E-state index in [0.717, 1.165) is 51.4 Å². The molecule has 49 heavy (non-hydrogen) atoms. The number of rotatable bonds is 12. The number of hydrogen-bond acceptors (Lipinski definition) is 7. The van der Waals surface area contributed by atoms with Crippen LogP contribution in [0.3, 0.4) is 0 Å². The Bertz CT molecular complexity index is 1340. The third-order valence-corrected chi connectivity index (χ3v) is 14.2. The highest BCUT2D eigenvalue weighted by Gasteiger charge is 2.48. The van der Waals surface area contributed by atoms with Crippen LogP contribution in [0.25, 0.3) is 0 Å². The predicted molar refractivity (Wildman–Crippen MR) is 191 cm³/mol. The summed E-state index contributed by atoms with van der Waals surface area (Å²) in [5, 5.41) is 8.71. The van der Waals surface area contributed by atoms with Crippen LogP contribution in [0.15, 0.2) is 0 Å². The second-order valence-corrected chi connectivity index (χ2v) is 20.7. The Morgan fingerprint density at radius 2 is 1.45 bits per heavy atom. The summed E-state index contributed by atoms with van der Waals surface area (Å²) in [6, 6.07) is -4.12. The molecule has 4 amide bonds. The standard InChI is InChI=1S/C37H64N4O7S/c1-23-21-41(29(20-37(23,9)10)32(44)38-27(30(43)24(2)42)19-25-15-14-16-25)33(45)31(35(3,4)5)40-34(46)39-28(26-17-12-11-13-18-26)22-49(47,48)36(6,7)8/h23,25-29,31H,11-22H2,1-10H3,(H,38,44)(H2,39,40,46)/t23?,27?,28-,29+,31-/m1/s1. The summed E-state index contributed by atoms with van der Waals surface area (Å²) in [5.41, 5.74) is -1.07. The highest BCUT2D eigenvalue weighted by atomic mass is 32.2. The minimum atomic E-state index is -3.55.